The number of aryl methyl sites for hydroxylation is 1. The molecular weight excluding hydrogens is 549 g/mol. The fourth-order valence-electron chi connectivity index (χ4n) is 6.46. The van der Waals surface area contributed by atoms with E-state index in [1.54, 1.807) is 46.3 Å². The van der Waals surface area contributed by atoms with Crippen molar-refractivity contribution < 1.29 is 19.0 Å². The van der Waals surface area contributed by atoms with Crippen molar-refractivity contribution in [2.75, 3.05) is 13.2 Å². The number of ether oxygens (including phenoxy) is 2. The van der Waals surface area contributed by atoms with Crippen molar-refractivity contribution >= 4 is 5.78 Å². The van der Waals surface area contributed by atoms with Gasteiger partial charge < -0.3 is 14.6 Å². The van der Waals surface area contributed by atoms with Gasteiger partial charge in [0.15, 0.2) is 0 Å². The zero-order chi connectivity index (χ0) is 30.1. The molecule has 2 aliphatic rings. The van der Waals surface area contributed by atoms with E-state index in [2.05, 4.69) is 16.2 Å². The minimum absolute atomic E-state index is 0.0309. The lowest BCUT2D eigenvalue weighted by molar-refractivity contribution is -0.109. The summed E-state index contributed by atoms with van der Waals surface area (Å²) in [6.45, 7) is 4.40. The first-order valence-electron chi connectivity index (χ1n) is 15.0. The number of aromatic nitrogens is 4. The van der Waals surface area contributed by atoms with E-state index in [1.807, 2.05) is 13.0 Å². The second-order valence-electron chi connectivity index (χ2n) is 11.9. The highest BCUT2D eigenvalue weighted by Gasteiger charge is 2.41. The van der Waals surface area contributed by atoms with E-state index >= 15 is 4.39 Å². The first kappa shape index (κ1) is 29.2. The van der Waals surface area contributed by atoms with E-state index in [4.69, 9.17) is 9.47 Å². The maximum Gasteiger partial charge on any atom is 0.259 e. The fourth-order valence-corrected chi connectivity index (χ4v) is 6.46. The quantitative estimate of drug-likeness (QED) is 0.317. The predicted octanol–water partition coefficient (Wildman–Crippen LogP) is 4.76. The van der Waals surface area contributed by atoms with Crippen molar-refractivity contribution in [2.24, 2.45) is 0 Å². The molecule has 43 heavy (non-hydrogen) atoms. The highest BCUT2D eigenvalue weighted by atomic mass is 19.1. The van der Waals surface area contributed by atoms with Crippen LogP contribution in [0.25, 0.3) is 16.9 Å². The molecule has 1 aliphatic carbocycles. The molecule has 1 saturated heterocycles. The Kier molecular flexibility index (Phi) is 8.14. The van der Waals surface area contributed by atoms with Gasteiger partial charge in [-0.15, -0.1) is 0 Å². The number of aliphatic hydroxyl groups is 1. The third kappa shape index (κ3) is 5.60. The van der Waals surface area contributed by atoms with Gasteiger partial charge in [0.2, 0.25) is 5.78 Å². The molecule has 2 fully saturated rings. The second kappa shape index (κ2) is 12.0. The van der Waals surface area contributed by atoms with Crippen molar-refractivity contribution in [2.45, 2.75) is 82.6 Å². The van der Waals surface area contributed by atoms with Gasteiger partial charge in [0.1, 0.15) is 23.8 Å². The Labute approximate surface area is 249 Å². The Bertz CT molecular complexity index is 1730. The Morgan fingerprint density at radius 3 is 2.70 bits per heavy atom. The molecule has 1 N–H and O–H groups in total. The summed E-state index contributed by atoms with van der Waals surface area (Å²) in [5.41, 5.74) is 2.24. The molecule has 6 rings (SSSR count). The van der Waals surface area contributed by atoms with Crippen molar-refractivity contribution in [3.63, 3.8) is 0 Å². The zero-order valence-electron chi connectivity index (χ0n) is 24.5. The van der Waals surface area contributed by atoms with Crippen LogP contribution in [0.5, 0.6) is 0 Å². The maximum absolute atomic E-state index is 15.6. The predicted molar refractivity (Wildman–Crippen MR) is 158 cm³/mol. The van der Waals surface area contributed by atoms with Crippen LogP contribution < -0.4 is 5.56 Å². The molecule has 2 aromatic heterocycles. The average Bonchev–Trinajstić information content (AvgIpc) is 3.62. The first-order valence-corrected chi connectivity index (χ1v) is 15.0. The summed E-state index contributed by atoms with van der Waals surface area (Å²) in [4.78, 5) is 18.7. The van der Waals surface area contributed by atoms with E-state index in [0.29, 0.717) is 59.5 Å². The number of halogens is 1. The van der Waals surface area contributed by atoms with E-state index in [9.17, 15) is 15.2 Å². The second-order valence-corrected chi connectivity index (χ2v) is 11.9. The first-order chi connectivity index (χ1) is 20.8. The minimum Gasteiger partial charge on any atom is -0.385 e. The van der Waals surface area contributed by atoms with Crippen molar-refractivity contribution in [1.29, 1.82) is 5.26 Å². The Balaban J connectivity index is 1.31. The van der Waals surface area contributed by atoms with Crippen molar-refractivity contribution in [3.8, 4) is 17.2 Å². The molecule has 2 unspecified atom stereocenters. The molecule has 1 aliphatic heterocycles. The standard InChI is InChI=1S/C33H36FN5O4/c1-3-6-29-27(15-22-10-9-21(16-28(22)34)26-8-5-4-7-23(26)17-35)31(40)38(32-36-20-37-39(29)32)24-11-13-25(14-12-24)43-30-18-42-19-33(30,2)41/h4-5,7-10,16,20,24-25,30,41H,3,6,11-15,18-19H2,1-2H3. The normalized spacial score (nSPS) is 23.9. The Hall–Kier alpha value is -3.91. The van der Waals surface area contributed by atoms with Crippen LogP contribution in [-0.4, -0.2) is 55.3 Å². The van der Waals surface area contributed by atoms with Crippen molar-refractivity contribution in [1.82, 2.24) is 19.2 Å². The molecule has 224 valence electrons. The van der Waals surface area contributed by atoms with Gasteiger partial charge >= 0.3 is 0 Å². The number of nitrogens with zero attached hydrogens (tertiary/aromatic N) is 5. The molecule has 0 bridgehead atoms. The van der Waals surface area contributed by atoms with Crippen LogP contribution in [0.2, 0.25) is 0 Å². The highest BCUT2D eigenvalue weighted by Crippen LogP contribution is 2.34. The van der Waals surface area contributed by atoms with Gasteiger partial charge in [-0.05, 0) is 67.9 Å². The molecular formula is C33H36FN5O4. The number of hydrogen-bond acceptors (Lipinski definition) is 7. The third-order valence-electron chi connectivity index (χ3n) is 8.81. The van der Waals surface area contributed by atoms with Crippen LogP contribution in [0.1, 0.15) is 74.4 Å². The number of fused-ring (bicyclic) bond motifs is 1. The van der Waals surface area contributed by atoms with Crippen LogP contribution in [0.15, 0.2) is 53.6 Å². The molecule has 1 saturated carbocycles. The topological polar surface area (TPSA) is 115 Å². The monoisotopic (exact) mass is 585 g/mol. The largest absolute Gasteiger partial charge is 0.385 e. The van der Waals surface area contributed by atoms with Gasteiger partial charge in [0, 0.05) is 18.0 Å². The lowest BCUT2D eigenvalue weighted by Crippen LogP contribution is -2.43. The van der Waals surface area contributed by atoms with Gasteiger partial charge in [-0.3, -0.25) is 9.36 Å². The molecule has 4 aromatic rings. The van der Waals surface area contributed by atoms with Gasteiger partial charge in [-0.25, -0.2) is 8.91 Å². The van der Waals surface area contributed by atoms with Crippen LogP contribution in [0.4, 0.5) is 4.39 Å². The molecule has 0 amide bonds. The van der Waals surface area contributed by atoms with Crippen LogP contribution in [-0.2, 0) is 22.3 Å². The third-order valence-corrected chi connectivity index (χ3v) is 8.81. The molecule has 0 spiro atoms. The van der Waals surface area contributed by atoms with Crippen molar-refractivity contribution in [3.05, 3.63) is 87.3 Å². The van der Waals surface area contributed by atoms with Crippen LogP contribution >= 0.6 is 0 Å². The van der Waals surface area contributed by atoms with E-state index in [1.165, 1.54) is 12.4 Å². The maximum atomic E-state index is 15.6. The summed E-state index contributed by atoms with van der Waals surface area (Å²) >= 11 is 0. The summed E-state index contributed by atoms with van der Waals surface area (Å²) in [6.07, 6.45) is 5.45. The number of benzene rings is 2. The van der Waals surface area contributed by atoms with Gasteiger partial charge in [-0.2, -0.15) is 15.3 Å². The number of rotatable bonds is 8. The van der Waals surface area contributed by atoms with Gasteiger partial charge in [0.05, 0.1) is 36.6 Å². The number of nitriles is 1. The van der Waals surface area contributed by atoms with Crippen LogP contribution in [0, 0.1) is 17.1 Å². The summed E-state index contributed by atoms with van der Waals surface area (Å²) < 4.78 is 30.7. The zero-order valence-corrected chi connectivity index (χ0v) is 24.5. The summed E-state index contributed by atoms with van der Waals surface area (Å²) in [5.74, 6) is 0.0689. The Morgan fingerprint density at radius 1 is 1.21 bits per heavy atom. The number of hydrogen-bond donors (Lipinski definition) is 1. The molecule has 2 atom stereocenters. The van der Waals surface area contributed by atoms with Gasteiger partial charge in [0.25, 0.3) is 5.56 Å². The highest BCUT2D eigenvalue weighted by molar-refractivity contribution is 5.70. The molecule has 9 nitrogen and oxygen atoms in total. The van der Waals surface area contributed by atoms with E-state index < -0.39 is 11.4 Å². The lowest BCUT2D eigenvalue weighted by atomic mass is 9.91. The van der Waals surface area contributed by atoms with E-state index in [-0.39, 0.29) is 36.8 Å². The van der Waals surface area contributed by atoms with E-state index in [0.717, 1.165) is 25.0 Å². The summed E-state index contributed by atoms with van der Waals surface area (Å²) in [5, 5.41) is 24.5. The minimum atomic E-state index is -1.00. The lowest BCUT2D eigenvalue weighted by Gasteiger charge is -2.34. The summed E-state index contributed by atoms with van der Waals surface area (Å²) in [7, 11) is 0. The Morgan fingerprint density at radius 2 is 2.00 bits per heavy atom. The molecule has 2 aromatic carbocycles. The van der Waals surface area contributed by atoms with Gasteiger partial charge in [-0.1, -0.05) is 43.7 Å². The van der Waals surface area contributed by atoms with Crippen LogP contribution in [0.3, 0.4) is 0 Å². The molecule has 3 heterocycles. The SMILES string of the molecule is CCCc1c(Cc2ccc(-c3ccccc3C#N)cc2F)c(=O)n(C2CCC(OC3COCC3(C)O)CC2)c2ncnn12. The molecule has 0 radical (unpaired) electrons. The smallest absolute Gasteiger partial charge is 0.259 e. The summed E-state index contributed by atoms with van der Waals surface area (Å²) in [6, 6.07) is 14.1. The molecule has 10 heteroatoms. The average molecular weight is 586 g/mol. The fraction of sp³-hybridized carbons (Fsp3) is 0.455.